The second-order valence-electron chi connectivity index (χ2n) is 16.4. The molecule has 2 heterocycles. The number of rotatable bonds is 19. The summed E-state index contributed by atoms with van der Waals surface area (Å²) in [4.78, 5) is 17.4. The van der Waals surface area contributed by atoms with Crippen LogP contribution in [0.1, 0.15) is 83.8 Å². The lowest BCUT2D eigenvalue weighted by Crippen LogP contribution is -2.28. The Morgan fingerprint density at radius 2 is 1.49 bits per heavy atom. The minimum absolute atomic E-state index is 0.0361. The van der Waals surface area contributed by atoms with Crippen molar-refractivity contribution in [3.63, 3.8) is 0 Å². The van der Waals surface area contributed by atoms with Crippen LogP contribution in [0.25, 0.3) is 32.0 Å². The average Bonchev–Trinajstić information content (AvgIpc) is 3.56. The van der Waals surface area contributed by atoms with Crippen molar-refractivity contribution < 1.29 is 22.3 Å². The van der Waals surface area contributed by atoms with Crippen molar-refractivity contribution in [2.24, 2.45) is 5.11 Å². The summed E-state index contributed by atoms with van der Waals surface area (Å²) < 4.78 is 34.6. The van der Waals surface area contributed by atoms with Gasteiger partial charge in [-0.1, -0.05) is 104 Å². The van der Waals surface area contributed by atoms with E-state index in [0.717, 1.165) is 37.2 Å². The lowest BCUT2D eigenvalue weighted by Gasteiger charge is -2.27. The zero-order valence-corrected chi connectivity index (χ0v) is 35.6. The van der Waals surface area contributed by atoms with Gasteiger partial charge in [-0.2, -0.15) is 13.0 Å². The molecule has 0 unspecified atom stereocenters. The Bertz CT molecular complexity index is 2510. The van der Waals surface area contributed by atoms with E-state index in [9.17, 15) is 17.8 Å². The molecule has 11 heteroatoms. The number of azide groups is 1. The molecule has 2 N–H and O–H groups in total. The molecule has 4 aromatic carbocycles. The first-order valence-corrected chi connectivity index (χ1v) is 22.4. The van der Waals surface area contributed by atoms with Crippen LogP contribution in [0.15, 0.2) is 126 Å². The van der Waals surface area contributed by atoms with Crippen molar-refractivity contribution >= 4 is 54.7 Å². The topological polar surface area (TPSA) is 138 Å². The lowest BCUT2D eigenvalue weighted by molar-refractivity contribution is -0.438. The van der Waals surface area contributed by atoms with E-state index < -0.39 is 10.1 Å². The maximum Gasteiger partial charge on any atom is 0.264 e. The minimum atomic E-state index is -4.01. The fourth-order valence-electron chi connectivity index (χ4n) is 8.84. The van der Waals surface area contributed by atoms with E-state index in [-0.39, 0.29) is 22.5 Å². The quantitative estimate of drug-likeness (QED) is 0.0185. The number of hydrogen-bond acceptors (Lipinski definition) is 5. The van der Waals surface area contributed by atoms with E-state index in [1.807, 2.05) is 12.2 Å². The summed E-state index contributed by atoms with van der Waals surface area (Å²) in [6.45, 7) is 11.5. The molecule has 0 bridgehead atoms. The van der Waals surface area contributed by atoms with Gasteiger partial charge in [0, 0.05) is 71.9 Å². The maximum atomic E-state index is 12.3. The molecule has 2 aliphatic heterocycles. The predicted octanol–water partition coefficient (Wildman–Crippen LogP) is 10.8. The van der Waals surface area contributed by atoms with Crippen molar-refractivity contribution in [2.75, 3.05) is 36.8 Å². The Kier molecular flexibility index (Phi) is 13.9. The van der Waals surface area contributed by atoms with E-state index in [0.29, 0.717) is 45.3 Å². The largest absolute Gasteiger partial charge is 0.356 e. The summed E-state index contributed by atoms with van der Waals surface area (Å²) >= 11 is 0. The lowest BCUT2D eigenvalue weighted by atomic mass is 9.79. The Morgan fingerprint density at radius 3 is 2.22 bits per heavy atom. The van der Waals surface area contributed by atoms with Gasteiger partial charge in [0.05, 0.1) is 11.2 Å². The van der Waals surface area contributed by atoms with Crippen LogP contribution < -0.4 is 10.2 Å². The number of carbonyl (C=O) groups is 1. The summed E-state index contributed by atoms with van der Waals surface area (Å²) in [5.41, 5.74) is 15.2. The van der Waals surface area contributed by atoms with Crippen LogP contribution in [0.5, 0.6) is 0 Å². The Morgan fingerprint density at radius 1 is 0.814 bits per heavy atom. The van der Waals surface area contributed by atoms with Crippen LogP contribution in [-0.2, 0) is 25.7 Å². The highest BCUT2D eigenvalue weighted by Crippen LogP contribution is 2.51. The molecule has 6 rings (SSSR count). The van der Waals surface area contributed by atoms with Crippen molar-refractivity contribution in [3.05, 3.63) is 143 Å². The molecule has 59 heavy (non-hydrogen) atoms. The molecule has 1 amide bonds. The summed E-state index contributed by atoms with van der Waals surface area (Å²) in [6, 6.07) is 25.8. The van der Waals surface area contributed by atoms with Gasteiger partial charge < -0.3 is 10.2 Å². The fourth-order valence-corrected chi connectivity index (χ4v) is 9.40. The number of carbonyl (C=O) groups excluding carboxylic acids is 1. The third-order valence-corrected chi connectivity index (χ3v) is 12.4. The first-order valence-electron chi connectivity index (χ1n) is 20.8. The molecule has 0 fully saturated rings. The SMILES string of the molecule is CC1(C)C(=CC=CC=CC=CC2=[N+](CCCCCC(=O)NCCCN=[N+]=[N-])c3ccc4ccccc4c3C2(C)C)N(CCCCS(=O)(=O)O)c2ccc3ccccc3c21. The highest BCUT2D eigenvalue weighted by Gasteiger charge is 2.45. The predicted molar refractivity (Wildman–Crippen MR) is 242 cm³/mol. The number of allylic oxidation sites excluding steroid dienone is 8. The zero-order chi connectivity index (χ0) is 42.0. The van der Waals surface area contributed by atoms with Crippen molar-refractivity contribution in [1.29, 1.82) is 0 Å². The zero-order valence-electron chi connectivity index (χ0n) is 34.8. The van der Waals surface area contributed by atoms with Gasteiger partial charge in [-0.3, -0.25) is 9.35 Å². The summed E-state index contributed by atoms with van der Waals surface area (Å²) in [5, 5.41) is 11.3. The molecule has 2 aliphatic rings. The maximum absolute atomic E-state index is 12.3. The minimum Gasteiger partial charge on any atom is -0.356 e. The number of amides is 1. The molecule has 308 valence electrons. The van der Waals surface area contributed by atoms with Gasteiger partial charge in [0.1, 0.15) is 6.54 Å². The molecule has 0 saturated heterocycles. The van der Waals surface area contributed by atoms with Gasteiger partial charge in [0.15, 0.2) is 5.71 Å². The Labute approximate surface area is 349 Å². The van der Waals surface area contributed by atoms with Crippen molar-refractivity contribution in [1.82, 2.24) is 5.32 Å². The number of hydrogen-bond donors (Lipinski definition) is 2. The van der Waals surface area contributed by atoms with Gasteiger partial charge >= 0.3 is 0 Å². The second-order valence-corrected chi connectivity index (χ2v) is 18.0. The van der Waals surface area contributed by atoms with E-state index in [1.54, 1.807) is 0 Å². The first-order chi connectivity index (χ1) is 28.3. The molecule has 0 aromatic heterocycles. The third-order valence-electron chi connectivity index (χ3n) is 11.6. The van der Waals surface area contributed by atoms with E-state index in [2.05, 4.69) is 156 Å². The van der Waals surface area contributed by atoms with Crippen LogP contribution in [0.4, 0.5) is 11.4 Å². The Hall–Kier alpha value is -5.48. The number of benzene rings is 4. The monoisotopic (exact) mass is 813 g/mol. The average molecular weight is 814 g/mol. The van der Waals surface area contributed by atoms with E-state index >= 15 is 0 Å². The summed E-state index contributed by atoms with van der Waals surface area (Å²) in [7, 11) is -4.01. The van der Waals surface area contributed by atoms with E-state index in [1.165, 1.54) is 44.1 Å². The molecule has 0 spiro atoms. The number of nitrogens with zero attached hydrogens (tertiary/aromatic N) is 5. The number of unbranched alkanes of at least 4 members (excludes halogenated alkanes) is 3. The summed E-state index contributed by atoms with van der Waals surface area (Å²) in [5.74, 6) is -0.207. The molecule has 4 aromatic rings. The smallest absolute Gasteiger partial charge is 0.264 e. The Balaban J connectivity index is 1.18. The molecule has 0 saturated carbocycles. The van der Waals surface area contributed by atoms with Gasteiger partial charge in [0.2, 0.25) is 11.6 Å². The molecule has 0 aliphatic carbocycles. The van der Waals surface area contributed by atoms with Crippen LogP contribution in [-0.4, -0.2) is 61.1 Å². The van der Waals surface area contributed by atoms with Crippen LogP contribution in [0.3, 0.4) is 0 Å². The number of fused-ring (bicyclic) bond motifs is 6. The van der Waals surface area contributed by atoms with Crippen molar-refractivity contribution in [3.8, 4) is 0 Å². The molecule has 0 atom stereocenters. The van der Waals surface area contributed by atoms with Crippen LogP contribution in [0.2, 0.25) is 0 Å². The van der Waals surface area contributed by atoms with Crippen LogP contribution >= 0.6 is 0 Å². The molecular formula is C48H57N6O4S+. The second kappa shape index (κ2) is 19.1. The highest BCUT2D eigenvalue weighted by atomic mass is 32.2. The fraction of sp³-hybridized carbons (Fsp3) is 0.375. The molecule has 0 radical (unpaired) electrons. The molecule has 10 nitrogen and oxygen atoms in total. The number of anilines is 1. The van der Waals surface area contributed by atoms with Gasteiger partial charge in [0.25, 0.3) is 10.1 Å². The van der Waals surface area contributed by atoms with Crippen LogP contribution in [0, 0.1) is 0 Å². The standard InChI is InChI=1S/C48H56N6O4S/c1-47(2)42(53(40-29-27-36-20-12-14-22-38(36)45(40)47)33-16-8-11-26-44(55)50-31-19-32-51-52-49)24-9-6-5-7-10-25-43-48(3,4)46-39-23-15-13-21-37(39)28-30-41(46)54(43)34-17-18-35-59(56,57)58/h5-7,9-10,12-15,20-25,27-30H,8,11,16-19,26,31-35H2,1-4H3,(H-,50,55,56,57,58)/p+1. The summed E-state index contributed by atoms with van der Waals surface area (Å²) in [6.07, 6.45) is 19.6. The normalized spacial score (nSPS) is 16.6. The van der Waals surface area contributed by atoms with E-state index in [4.69, 9.17) is 5.53 Å². The highest BCUT2D eigenvalue weighted by molar-refractivity contribution is 7.85. The first kappa shape index (κ1) is 43.1. The van der Waals surface area contributed by atoms with Gasteiger partial charge in [-0.15, -0.1) is 0 Å². The van der Waals surface area contributed by atoms with Gasteiger partial charge in [-0.25, -0.2) is 0 Å². The molecular weight excluding hydrogens is 757 g/mol. The van der Waals surface area contributed by atoms with Gasteiger partial charge in [-0.05, 0) is 96.8 Å². The third kappa shape index (κ3) is 10.0. The van der Waals surface area contributed by atoms with Crippen molar-refractivity contribution in [2.45, 2.75) is 83.5 Å². The number of nitrogens with one attached hydrogen (secondary N) is 1.